The maximum atomic E-state index is 10.7. The minimum Gasteiger partial charge on any atom is -0.354 e. The van der Waals surface area contributed by atoms with Crippen LogP contribution in [0.4, 0.5) is 5.69 Å². The lowest BCUT2D eigenvalue weighted by Gasteiger charge is -2.17. The fourth-order valence-corrected chi connectivity index (χ4v) is 3.54. The van der Waals surface area contributed by atoms with Crippen LogP contribution in [0, 0.1) is 10.1 Å². The summed E-state index contributed by atoms with van der Waals surface area (Å²) in [6, 6.07) is 11.2. The summed E-state index contributed by atoms with van der Waals surface area (Å²) in [6.45, 7) is 1.24. The van der Waals surface area contributed by atoms with Crippen molar-refractivity contribution in [2.45, 2.75) is 44.8 Å². The largest absolute Gasteiger partial charge is 0.354 e. The van der Waals surface area contributed by atoms with Crippen LogP contribution in [0.3, 0.4) is 0 Å². The second-order valence-corrected chi connectivity index (χ2v) is 7.18. The molecule has 1 aliphatic rings. The lowest BCUT2D eigenvalue weighted by atomic mass is 10.2. The molecule has 0 spiro atoms. The number of guanidine groups is 1. The van der Waals surface area contributed by atoms with Gasteiger partial charge < -0.3 is 10.6 Å². The molecule has 0 unspecified atom stereocenters. The van der Waals surface area contributed by atoms with Crippen LogP contribution in [0.1, 0.15) is 36.1 Å². The fraction of sp³-hybridized carbons (Fsp3) is 0.389. The van der Waals surface area contributed by atoms with Gasteiger partial charge in [-0.25, -0.2) is 4.99 Å². The second kappa shape index (κ2) is 10.5. The number of non-ortho nitro benzene ring substituents is 1. The zero-order valence-electron chi connectivity index (χ0n) is 14.4. The maximum absolute atomic E-state index is 10.7. The zero-order valence-corrected chi connectivity index (χ0v) is 17.5. The quantitative estimate of drug-likeness (QED) is 0.208. The third kappa shape index (κ3) is 6.24. The van der Waals surface area contributed by atoms with E-state index in [9.17, 15) is 10.1 Å². The zero-order chi connectivity index (χ0) is 17.5. The van der Waals surface area contributed by atoms with Crippen molar-refractivity contribution in [2.75, 3.05) is 0 Å². The van der Waals surface area contributed by atoms with Gasteiger partial charge in [0.2, 0.25) is 0 Å². The van der Waals surface area contributed by atoms with Gasteiger partial charge in [-0.1, -0.05) is 31.0 Å². The van der Waals surface area contributed by atoms with E-state index < -0.39 is 0 Å². The summed E-state index contributed by atoms with van der Waals surface area (Å²) in [5, 5.41) is 19.7. The van der Waals surface area contributed by atoms with Crippen molar-refractivity contribution < 1.29 is 4.92 Å². The van der Waals surface area contributed by atoms with Crippen LogP contribution in [0.5, 0.6) is 0 Å². The molecule has 0 saturated heterocycles. The van der Waals surface area contributed by atoms with E-state index in [0.717, 1.165) is 18.1 Å². The Kier molecular flexibility index (Phi) is 8.30. The number of aliphatic imine (C=N–C) groups is 1. The molecule has 0 bridgehead atoms. The maximum Gasteiger partial charge on any atom is 0.269 e. The Labute approximate surface area is 174 Å². The molecular formula is C18H23IN4O2S. The monoisotopic (exact) mass is 486 g/mol. The van der Waals surface area contributed by atoms with Crippen LogP contribution in [0.2, 0.25) is 0 Å². The Morgan fingerprint density at radius 3 is 2.58 bits per heavy atom. The van der Waals surface area contributed by atoms with Crippen molar-refractivity contribution in [1.29, 1.82) is 0 Å². The number of hydrogen-bond acceptors (Lipinski definition) is 4. The lowest BCUT2D eigenvalue weighted by molar-refractivity contribution is -0.384. The predicted octanol–water partition coefficient (Wildman–Crippen LogP) is 4.45. The van der Waals surface area contributed by atoms with Gasteiger partial charge >= 0.3 is 0 Å². The van der Waals surface area contributed by atoms with E-state index in [2.05, 4.69) is 27.1 Å². The molecule has 26 heavy (non-hydrogen) atoms. The highest BCUT2D eigenvalue weighted by atomic mass is 127. The molecule has 0 atom stereocenters. The number of nitro groups is 1. The third-order valence-corrected chi connectivity index (χ3v) is 5.15. The molecule has 2 N–H and O–H groups in total. The highest BCUT2D eigenvalue weighted by Crippen LogP contribution is 2.18. The minimum absolute atomic E-state index is 0. The summed E-state index contributed by atoms with van der Waals surface area (Å²) in [6.07, 6.45) is 4.88. The molecule has 6 nitrogen and oxygen atoms in total. The number of nitrogens with one attached hydrogen (secondary N) is 2. The molecule has 1 fully saturated rings. The topological polar surface area (TPSA) is 79.6 Å². The molecule has 1 heterocycles. The molecule has 8 heteroatoms. The van der Waals surface area contributed by atoms with Gasteiger partial charge in [-0.2, -0.15) is 0 Å². The van der Waals surface area contributed by atoms with Gasteiger partial charge in [-0.15, -0.1) is 35.3 Å². The number of hydrogen-bond donors (Lipinski definition) is 2. The van der Waals surface area contributed by atoms with Crippen LogP contribution in [-0.4, -0.2) is 16.9 Å². The van der Waals surface area contributed by atoms with Gasteiger partial charge in [-0.05, 0) is 29.9 Å². The number of benzene rings is 1. The van der Waals surface area contributed by atoms with Crippen molar-refractivity contribution in [2.24, 2.45) is 4.99 Å². The number of halogens is 1. The van der Waals surface area contributed by atoms with Crippen molar-refractivity contribution in [3.05, 3.63) is 62.3 Å². The summed E-state index contributed by atoms with van der Waals surface area (Å²) < 4.78 is 0. The summed E-state index contributed by atoms with van der Waals surface area (Å²) in [4.78, 5) is 16.3. The van der Waals surface area contributed by atoms with Crippen LogP contribution in [-0.2, 0) is 13.1 Å². The number of nitrogens with zero attached hydrogens (tertiary/aromatic N) is 2. The van der Waals surface area contributed by atoms with Crippen LogP contribution in [0.15, 0.2) is 46.8 Å². The predicted molar refractivity (Wildman–Crippen MR) is 116 cm³/mol. The molecular weight excluding hydrogens is 463 g/mol. The molecule has 1 saturated carbocycles. The molecule has 0 amide bonds. The second-order valence-electron chi connectivity index (χ2n) is 6.15. The highest BCUT2D eigenvalue weighted by Gasteiger charge is 2.16. The van der Waals surface area contributed by atoms with Crippen molar-refractivity contribution in [3.8, 4) is 0 Å². The number of nitro benzene ring substituents is 1. The Balaban J connectivity index is 0.00000243. The van der Waals surface area contributed by atoms with Gasteiger partial charge in [0.05, 0.1) is 18.0 Å². The first-order valence-corrected chi connectivity index (χ1v) is 9.39. The Hall–Kier alpha value is -1.68. The molecule has 1 aromatic carbocycles. The molecule has 0 radical (unpaired) electrons. The number of rotatable bonds is 6. The summed E-state index contributed by atoms with van der Waals surface area (Å²) >= 11 is 1.72. The van der Waals surface area contributed by atoms with Crippen LogP contribution >= 0.6 is 35.3 Å². The first kappa shape index (κ1) is 20.6. The standard InChI is InChI=1S/C18H22N4O2S.HI/c23-22(24)16-9-7-14(8-10-16)12-19-18(21-15-4-1-2-5-15)20-13-17-6-3-11-25-17;/h3,6-11,15H,1-2,4-5,12-13H2,(H2,19,20,21);1H. The van der Waals surface area contributed by atoms with Gasteiger partial charge in [0.15, 0.2) is 5.96 Å². The van der Waals surface area contributed by atoms with Gasteiger partial charge in [-0.3, -0.25) is 10.1 Å². The Morgan fingerprint density at radius 2 is 1.96 bits per heavy atom. The fourth-order valence-electron chi connectivity index (χ4n) is 2.89. The van der Waals surface area contributed by atoms with E-state index in [1.807, 2.05) is 6.07 Å². The van der Waals surface area contributed by atoms with E-state index >= 15 is 0 Å². The Morgan fingerprint density at radius 1 is 1.23 bits per heavy atom. The van der Waals surface area contributed by atoms with Gasteiger partial charge in [0, 0.05) is 23.1 Å². The molecule has 140 valence electrons. The summed E-state index contributed by atoms with van der Waals surface area (Å²) in [5.74, 6) is 0.804. The molecule has 2 aromatic rings. The number of thiophene rings is 1. The first-order chi connectivity index (χ1) is 12.2. The smallest absolute Gasteiger partial charge is 0.269 e. The third-order valence-electron chi connectivity index (χ3n) is 4.27. The van der Waals surface area contributed by atoms with Gasteiger partial charge in [0.1, 0.15) is 0 Å². The van der Waals surface area contributed by atoms with E-state index in [0.29, 0.717) is 12.6 Å². The molecule has 0 aliphatic heterocycles. The Bertz CT molecular complexity index is 713. The SMILES string of the molecule is I.O=[N+]([O-])c1ccc(CN=C(NCc2cccs2)NC2CCCC2)cc1. The molecule has 1 aromatic heterocycles. The van der Waals surface area contributed by atoms with Crippen molar-refractivity contribution >= 4 is 47.0 Å². The van der Waals surface area contributed by atoms with Crippen LogP contribution in [0.25, 0.3) is 0 Å². The molecule has 1 aliphatic carbocycles. The first-order valence-electron chi connectivity index (χ1n) is 8.51. The van der Waals surface area contributed by atoms with Crippen molar-refractivity contribution in [3.63, 3.8) is 0 Å². The lowest BCUT2D eigenvalue weighted by Crippen LogP contribution is -2.42. The van der Waals surface area contributed by atoms with E-state index in [4.69, 9.17) is 0 Å². The average molecular weight is 486 g/mol. The van der Waals surface area contributed by atoms with Gasteiger partial charge in [0.25, 0.3) is 5.69 Å². The van der Waals surface area contributed by atoms with E-state index in [1.54, 1.807) is 23.5 Å². The highest BCUT2D eigenvalue weighted by molar-refractivity contribution is 14.0. The van der Waals surface area contributed by atoms with E-state index in [-0.39, 0.29) is 34.6 Å². The average Bonchev–Trinajstić information content (AvgIpc) is 3.31. The summed E-state index contributed by atoms with van der Waals surface area (Å²) in [5.41, 5.74) is 1.06. The summed E-state index contributed by atoms with van der Waals surface area (Å²) in [7, 11) is 0. The van der Waals surface area contributed by atoms with Crippen molar-refractivity contribution in [1.82, 2.24) is 10.6 Å². The van der Waals surface area contributed by atoms with E-state index in [1.165, 1.54) is 42.7 Å². The van der Waals surface area contributed by atoms with Crippen LogP contribution < -0.4 is 10.6 Å². The normalized spacial score (nSPS) is 14.7. The molecule has 3 rings (SSSR count). The minimum atomic E-state index is -0.386.